The molecule has 0 spiro atoms. The van der Waals surface area contributed by atoms with Crippen molar-refractivity contribution in [1.82, 2.24) is 14.4 Å². The van der Waals surface area contributed by atoms with Crippen LogP contribution in [0.2, 0.25) is 0 Å². The molecule has 7 rings (SSSR count). The smallest absolute Gasteiger partial charge is 0.337 e. The zero-order chi connectivity index (χ0) is 28.6. The highest BCUT2D eigenvalue weighted by Crippen LogP contribution is 2.46. The number of hydrogen-bond donors (Lipinski definition) is 0. The van der Waals surface area contributed by atoms with Crippen LogP contribution in [0, 0.1) is 0 Å². The Morgan fingerprint density at radius 2 is 1.67 bits per heavy atom. The summed E-state index contributed by atoms with van der Waals surface area (Å²) in [4.78, 5) is 31.4. The monoisotopic (exact) mass is 567 g/mol. The summed E-state index contributed by atoms with van der Waals surface area (Å²) >= 11 is 0. The Morgan fingerprint density at radius 3 is 2.43 bits per heavy atom. The fourth-order valence-electron chi connectivity index (χ4n) is 7.83. The van der Waals surface area contributed by atoms with Gasteiger partial charge < -0.3 is 18.9 Å². The van der Waals surface area contributed by atoms with Gasteiger partial charge in [-0.05, 0) is 60.9 Å². The van der Waals surface area contributed by atoms with Crippen molar-refractivity contribution in [3.63, 3.8) is 0 Å². The second-order valence-electron chi connectivity index (χ2n) is 12.3. The van der Waals surface area contributed by atoms with E-state index < -0.39 is 0 Å². The fourth-order valence-corrected chi connectivity index (χ4v) is 7.83. The van der Waals surface area contributed by atoms with Crippen LogP contribution in [0.1, 0.15) is 72.3 Å². The average Bonchev–Trinajstić information content (AvgIpc) is 3.27. The van der Waals surface area contributed by atoms with E-state index in [2.05, 4.69) is 50.8 Å². The second kappa shape index (κ2) is 11.7. The predicted octanol–water partition coefficient (Wildman–Crippen LogP) is 5.86. The summed E-state index contributed by atoms with van der Waals surface area (Å²) < 4.78 is 13.0. The third-order valence-corrected chi connectivity index (χ3v) is 10.0. The van der Waals surface area contributed by atoms with E-state index in [0.717, 1.165) is 68.9 Å². The van der Waals surface area contributed by atoms with E-state index in [1.807, 2.05) is 12.1 Å². The molecule has 4 aliphatic rings. The minimum Gasteiger partial charge on any atom is -0.465 e. The van der Waals surface area contributed by atoms with Gasteiger partial charge in [0.2, 0.25) is 0 Å². The summed E-state index contributed by atoms with van der Waals surface area (Å²) in [6.07, 6.45) is 10.2. The van der Waals surface area contributed by atoms with Crippen LogP contribution in [-0.4, -0.2) is 78.8 Å². The van der Waals surface area contributed by atoms with E-state index in [4.69, 9.17) is 9.47 Å². The first-order valence-corrected chi connectivity index (χ1v) is 15.8. The summed E-state index contributed by atoms with van der Waals surface area (Å²) in [6, 6.07) is 15.0. The summed E-state index contributed by atoms with van der Waals surface area (Å²) in [5.41, 5.74) is 7.21. The van der Waals surface area contributed by atoms with Gasteiger partial charge >= 0.3 is 5.97 Å². The van der Waals surface area contributed by atoms with Crippen LogP contribution in [-0.2, 0) is 20.8 Å². The van der Waals surface area contributed by atoms with E-state index in [9.17, 15) is 9.59 Å². The van der Waals surface area contributed by atoms with Crippen molar-refractivity contribution in [3.05, 3.63) is 64.7 Å². The molecule has 7 heteroatoms. The number of amides is 1. The molecular weight excluding hydrogens is 526 g/mol. The number of methoxy groups -OCH3 is 1. The first-order chi connectivity index (χ1) is 20.6. The highest BCUT2D eigenvalue weighted by atomic mass is 16.5. The lowest BCUT2D eigenvalue weighted by Gasteiger charge is -2.40. The highest BCUT2D eigenvalue weighted by Gasteiger charge is 2.33. The van der Waals surface area contributed by atoms with E-state index >= 15 is 0 Å². The molecule has 220 valence electrons. The number of ether oxygens (including phenoxy) is 2. The molecule has 0 N–H and O–H groups in total. The Balaban J connectivity index is 1.28. The number of carbonyl (C=O) groups is 2. The Hall–Kier alpha value is -3.42. The van der Waals surface area contributed by atoms with Crippen molar-refractivity contribution in [3.8, 4) is 11.3 Å². The molecule has 1 saturated carbocycles. The van der Waals surface area contributed by atoms with Gasteiger partial charge in [-0.15, -0.1) is 0 Å². The topological polar surface area (TPSA) is 64.0 Å². The van der Waals surface area contributed by atoms with Crippen molar-refractivity contribution in [2.75, 3.05) is 46.5 Å². The third-order valence-electron chi connectivity index (χ3n) is 10.0. The van der Waals surface area contributed by atoms with Crippen LogP contribution in [0.3, 0.4) is 0 Å². The Bertz CT molecular complexity index is 1520. The van der Waals surface area contributed by atoms with Gasteiger partial charge in [-0.3, -0.25) is 9.69 Å². The molecule has 3 fully saturated rings. The number of likely N-dealkylation sites (tertiary alicyclic amines) is 1. The van der Waals surface area contributed by atoms with Crippen molar-refractivity contribution in [2.45, 2.75) is 63.5 Å². The molecule has 3 aliphatic heterocycles. The number of hydrogen-bond acceptors (Lipinski definition) is 5. The van der Waals surface area contributed by atoms with Gasteiger partial charge in [-0.2, -0.15) is 0 Å². The second-order valence-corrected chi connectivity index (χ2v) is 12.3. The standard InChI is InChI=1S/C35H41N3O4/c1-41-35(40)26-11-12-30-31(22-26)38-23-27(34(39)37-15-13-28(14-16-37)36-17-19-42-20-18-36)21-25-9-5-6-10-29(25)33(38)32(30)24-7-3-2-4-8-24/h5-6,9-12,21-22,24,28H,2-4,7-8,13-20,23H2,1H3. The van der Waals surface area contributed by atoms with E-state index in [0.29, 0.717) is 24.1 Å². The number of morpholine rings is 1. The van der Waals surface area contributed by atoms with Crippen LogP contribution in [0.4, 0.5) is 0 Å². The number of nitrogens with zero attached hydrogens (tertiary/aromatic N) is 3. The molecular formula is C35H41N3O4. The Morgan fingerprint density at radius 1 is 0.905 bits per heavy atom. The number of esters is 1. The van der Waals surface area contributed by atoms with E-state index in [1.165, 1.54) is 61.4 Å². The zero-order valence-corrected chi connectivity index (χ0v) is 24.6. The maximum Gasteiger partial charge on any atom is 0.337 e. The third kappa shape index (κ3) is 4.96. The van der Waals surface area contributed by atoms with Crippen molar-refractivity contribution in [1.29, 1.82) is 0 Å². The number of aromatic nitrogens is 1. The van der Waals surface area contributed by atoms with Gasteiger partial charge in [0.05, 0.1) is 38.1 Å². The number of rotatable bonds is 4. The molecule has 7 nitrogen and oxygen atoms in total. The Kier molecular flexibility index (Phi) is 7.63. The molecule has 0 atom stereocenters. The molecule has 1 amide bonds. The molecule has 1 aliphatic carbocycles. The first-order valence-electron chi connectivity index (χ1n) is 15.8. The van der Waals surface area contributed by atoms with E-state index in [1.54, 1.807) is 0 Å². The lowest BCUT2D eigenvalue weighted by atomic mass is 9.81. The summed E-state index contributed by atoms with van der Waals surface area (Å²) in [5, 5.41) is 1.19. The van der Waals surface area contributed by atoms with Gasteiger partial charge in [-0.1, -0.05) is 49.6 Å². The average molecular weight is 568 g/mol. The summed E-state index contributed by atoms with van der Waals surface area (Å²) in [5.74, 6) is 0.255. The number of carbonyl (C=O) groups excluding carboxylic acids is 2. The summed E-state index contributed by atoms with van der Waals surface area (Å²) in [6.45, 7) is 5.62. The molecule has 42 heavy (non-hydrogen) atoms. The van der Waals surface area contributed by atoms with Crippen molar-refractivity contribution >= 4 is 28.9 Å². The SMILES string of the molecule is COC(=O)c1ccc2c(C3CCCCC3)c3n(c2c1)CC(C(=O)N1CCC(N2CCOCC2)CC1)=Cc1ccccc1-3. The molecule has 0 unspecified atom stereocenters. The summed E-state index contributed by atoms with van der Waals surface area (Å²) in [7, 11) is 1.43. The maximum atomic E-state index is 14.2. The van der Waals surface area contributed by atoms with Gasteiger partial charge in [0.25, 0.3) is 5.91 Å². The lowest BCUT2D eigenvalue weighted by Crippen LogP contribution is -2.50. The van der Waals surface area contributed by atoms with E-state index in [-0.39, 0.29) is 11.9 Å². The fraction of sp³-hybridized carbons (Fsp3) is 0.486. The Labute approximate surface area is 248 Å². The van der Waals surface area contributed by atoms with Gasteiger partial charge in [0.15, 0.2) is 0 Å². The largest absolute Gasteiger partial charge is 0.465 e. The van der Waals surface area contributed by atoms with Crippen LogP contribution >= 0.6 is 0 Å². The molecule has 0 bridgehead atoms. The van der Waals surface area contributed by atoms with Crippen molar-refractivity contribution in [2.24, 2.45) is 0 Å². The normalized spacial score (nSPS) is 20.5. The quantitative estimate of drug-likeness (QED) is 0.370. The molecule has 3 aromatic rings. The first kappa shape index (κ1) is 27.4. The molecule has 1 aromatic heterocycles. The predicted molar refractivity (Wildman–Crippen MR) is 165 cm³/mol. The van der Waals surface area contributed by atoms with Gasteiger partial charge in [0.1, 0.15) is 0 Å². The number of benzene rings is 2. The van der Waals surface area contributed by atoms with Crippen LogP contribution < -0.4 is 0 Å². The molecule has 2 saturated heterocycles. The molecule has 2 aromatic carbocycles. The maximum absolute atomic E-state index is 14.2. The molecule has 0 radical (unpaired) electrons. The van der Waals surface area contributed by atoms with Gasteiger partial charge in [-0.25, -0.2) is 4.79 Å². The number of fused-ring (bicyclic) bond motifs is 5. The molecule has 4 heterocycles. The van der Waals surface area contributed by atoms with Gasteiger partial charge in [0, 0.05) is 54.3 Å². The lowest BCUT2D eigenvalue weighted by molar-refractivity contribution is -0.129. The highest BCUT2D eigenvalue weighted by molar-refractivity contribution is 6.03. The van der Waals surface area contributed by atoms with Crippen LogP contribution in [0.15, 0.2) is 48.0 Å². The minimum absolute atomic E-state index is 0.128. The van der Waals surface area contributed by atoms with Crippen molar-refractivity contribution < 1.29 is 19.1 Å². The van der Waals surface area contributed by atoms with Crippen LogP contribution in [0.5, 0.6) is 0 Å². The van der Waals surface area contributed by atoms with Crippen LogP contribution in [0.25, 0.3) is 28.2 Å². The number of piperidine rings is 1. The zero-order valence-electron chi connectivity index (χ0n) is 24.6. The minimum atomic E-state index is -0.337.